The summed E-state index contributed by atoms with van der Waals surface area (Å²) in [5, 5.41) is 44.6. The number of thioether (sulfide) groups is 2. The van der Waals surface area contributed by atoms with Gasteiger partial charge in [-0.3, -0.25) is 28.7 Å². The van der Waals surface area contributed by atoms with E-state index in [1.165, 1.54) is 24.1 Å². The fourth-order valence-electron chi connectivity index (χ4n) is 17.8. The van der Waals surface area contributed by atoms with Gasteiger partial charge in [0, 0.05) is 142 Å². The molecule has 24 nitrogen and oxygen atoms in total. The number of furan rings is 1. The Morgan fingerprint density at radius 3 is 2.35 bits per heavy atom. The summed E-state index contributed by atoms with van der Waals surface area (Å²) in [6, 6.07) is 35.7. The van der Waals surface area contributed by atoms with E-state index < -0.39 is 0 Å². The lowest BCUT2D eigenvalue weighted by atomic mass is 9.74. The quantitative estimate of drug-likeness (QED) is 0.0126. The second-order valence-corrected chi connectivity index (χ2v) is 35.9. The van der Waals surface area contributed by atoms with Gasteiger partial charge < -0.3 is 59.0 Å². The molecule has 9 heterocycles. The number of Topliss-reactive ketones (excluding diaryl/α,β-unsaturated/α-hetero) is 1. The highest BCUT2D eigenvalue weighted by atomic mass is 35.5. The van der Waals surface area contributed by atoms with Gasteiger partial charge in [-0.25, -0.2) is 14.5 Å². The summed E-state index contributed by atoms with van der Waals surface area (Å²) in [7, 11) is 1.70. The first-order valence-electron chi connectivity index (χ1n) is 43.5. The highest BCUT2D eigenvalue weighted by Crippen LogP contribution is 2.45. The van der Waals surface area contributed by atoms with Crippen LogP contribution in [-0.2, 0) is 65.4 Å². The van der Waals surface area contributed by atoms with Crippen LogP contribution in [0.25, 0.3) is 22.3 Å². The van der Waals surface area contributed by atoms with Crippen molar-refractivity contribution < 1.29 is 52.7 Å². The van der Waals surface area contributed by atoms with Gasteiger partial charge in [-0.1, -0.05) is 111 Å². The SMILES string of the molecule is C=CCn1nc(C(=O)N2CCCCCC2)c2c1CCC(NCCC[N+]1=C(O)CCC1)C2.COCC(C)n1c(CCCC(=O)N2CCC3(CCC(=O)C3)CC2)nc2cccnc21.CSc1ccc(C(=O)NC(c2ccc3c(c2)CCO3)C2CC(O)C2)cc1.Cc1occ(-c2ccccc2)c1C(=O)NCc1nnc(SCc2ccccc2Cl)n1CC(C)C. The summed E-state index contributed by atoms with van der Waals surface area (Å²) in [6.45, 7) is 21.1. The number of aryl methyl sites for hydroxylation is 2. The first-order valence-corrected chi connectivity index (χ1v) is 46.1. The number of aliphatic hydroxyl groups is 2. The molecule has 5 aromatic heterocycles. The van der Waals surface area contributed by atoms with Crippen LogP contribution in [0, 0.1) is 24.2 Å². The van der Waals surface area contributed by atoms with Crippen molar-refractivity contribution in [3.8, 4) is 16.9 Å². The summed E-state index contributed by atoms with van der Waals surface area (Å²) in [6.07, 6.45) is 26.2. The number of rotatable bonds is 29. The van der Waals surface area contributed by atoms with Crippen LogP contribution in [0.1, 0.15) is 219 Å². The number of nitrogens with zero attached hydrogens (tertiary/aromatic N) is 11. The number of imidazole rings is 1. The molecule has 5 N–H and O–H groups in total. The maximum absolute atomic E-state index is 13.4. The third-order valence-electron chi connectivity index (χ3n) is 24.5. The number of nitrogens with one attached hydrogen (secondary N) is 3. The van der Waals surface area contributed by atoms with E-state index in [0.29, 0.717) is 77.4 Å². The molecule has 7 aliphatic rings. The minimum atomic E-state index is -0.252. The molecule has 4 amide bonds. The molecule has 4 aliphatic heterocycles. The second-order valence-electron chi connectivity index (χ2n) is 33.6. The van der Waals surface area contributed by atoms with Gasteiger partial charge in [-0.15, -0.1) is 28.5 Å². The fourth-order valence-corrected chi connectivity index (χ4v) is 19.5. The van der Waals surface area contributed by atoms with Crippen LogP contribution in [0.5, 0.6) is 5.75 Å². The van der Waals surface area contributed by atoms with E-state index in [0.717, 1.165) is 240 Å². The molecular formula is C94H120ClN14O10S2+. The first kappa shape index (κ1) is 89.3. The Hall–Kier alpha value is -9.44. The number of piperidine rings is 1. The third-order valence-corrected chi connectivity index (χ3v) is 26.6. The number of ketones is 1. The van der Waals surface area contributed by atoms with E-state index >= 15 is 0 Å². The number of hydrogen-bond acceptors (Lipinski definition) is 17. The molecule has 27 heteroatoms. The molecule has 9 aromatic rings. The zero-order chi connectivity index (χ0) is 84.9. The average Bonchev–Trinajstić information content (AvgIpc) is 1.69. The van der Waals surface area contributed by atoms with Gasteiger partial charge in [-0.2, -0.15) is 5.10 Å². The van der Waals surface area contributed by atoms with Crippen molar-refractivity contribution in [3.05, 3.63) is 202 Å². The number of benzene rings is 4. The van der Waals surface area contributed by atoms with Gasteiger partial charge >= 0.3 is 5.90 Å². The number of fused-ring (bicyclic) bond motifs is 3. The van der Waals surface area contributed by atoms with Gasteiger partial charge in [0.25, 0.3) is 17.7 Å². The van der Waals surface area contributed by atoms with Crippen LogP contribution in [0.3, 0.4) is 0 Å². The number of aromatic nitrogens is 8. The molecule has 3 aliphatic carbocycles. The van der Waals surface area contributed by atoms with Gasteiger partial charge in [0.1, 0.15) is 41.7 Å². The minimum absolute atomic E-state index is 0.0687. The zero-order valence-electron chi connectivity index (χ0n) is 71.1. The second kappa shape index (κ2) is 43.1. The lowest BCUT2D eigenvalue weighted by Crippen LogP contribution is -2.42. The van der Waals surface area contributed by atoms with Crippen LogP contribution < -0.4 is 20.7 Å². The number of ether oxygens (including phenoxy) is 2. The highest BCUT2D eigenvalue weighted by Gasteiger charge is 2.42. The van der Waals surface area contributed by atoms with Crippen molar-refractivity contribution in [3.63, 3.8) is 0 Å². The van der Waals surface area contributed by atoms with E-state index in [4.69, 9.17) is 35.6 Å². The van der Waals surface area contributed by atoms with Crippen molar-refractivity contribution in [2.45, 2.75) is 222 Å². The van der Waals surface area contributed by atoms with Crippen molar-refractivity contribution in [2.75, 3.05) is 72.4 Å². The molecule has 4 aromatic carbocycles. The van der Waals surface area contributed by atoms with E-state index in [1.54, 1.807) is 50.0 Å². The minimum Gasteiger partial charge on any atom is -0.493 e. The molecule has 3 atom stereocenters. The molecule has 16 rings (SSSR count). The predicted octanol–water partition coefficient (Wildman–Crippen LogP) is 16.0. The molecule has 4 fully saturated rings. The van der Waals surface area contributed by atoms with Crippen LogP contribution in [0.15, 0.2) is 149 Å². The van der Waals surface area contributed by atoms with Crippen molar-refractivity contribution in [1.82, 2.24) is 64.8 Å². The molecule has 2 saturated carbocycles. The number of halogens is 1. The van der Waals surface area contributed by atoms with Gasteiger partial charge in [0.2, 0.25) is 5.91 Å². The summed E-state index contributed by atoms with van der Waals surface area (Å²) in [4.78, 5) is 78.1. The molecule has 0 bridgehead atoms. The van der Waals surface area contributed by atoms with Crippen LogP contribution in [0.4, 0.5) is 0 Å². The lowest BCUT2D eigenvalue weighted by Gasteiger charge is -2.39. The highest BCUT2D eigenvalue weighted by molar-refractivity contribution is 7.98. The normalized spacial score (nSPS) is 18.4. The van der Waals surface area contributed by atoms with E-state index in [-0.39, 0.29) is 59.7 Å². The Kier molecular flexibility index (Phi) is 31.8. The van der Waals surface area contributed by atoms with E-state index in [9.17, 15) is 34.2 Å². The molecule has 1 spiro atoms. The van der Waals surface area contributed by atoms with E-state index in [2.05, 4.69) is 78.3 Å². The molecule has 644 valence electrons. The van der Waals surface area contributed by atoms with Gasteiger partial charge in [0.05, 0.1) is 62.7 Å². The Morgan fingerprint density at radius 1 is 0.860 bits per heavy atom. The lowest BCUT2D eigenvalue weighted by molar-refractivity contribution is -0.527. The number of pyridine rings is 1. The molecule has 0 radical (unpaired) electrons. The topological polar surface area (TPSA) is 282 Å². The fraction of sp³-hybridized carbons (Fsp3) is 0.500. The smallest absolute Gasteiger partial charge is 0.334 e. The summed E-state index contributed by atoms with van der Waals surface area (Å²) in [5.41, 5.74) is 11.2. The maximum atomic E-state index is 13.4. The number of allylic oxidation sites excluding steroid dienone is 1. The van der Waals surface area contributed by atoms with Crippen LogP contribution in [-0.4, -0.2) is 184 Å². The molecule has 3 unspecified atom stereocenters. The molecule has 2 saturated heterocycles. The van der Waals surface area contributed by atoms with Crippen molar-refractivity contribution in [1.29, 1.82) is 0 Å². The third kappa shape index (κ3) is 23.1. The summed E-state index contributed by atoms with van der Waals surface area (Å²) in [5.74, 6) is 5.56. The monoisotopic (exact) mass is 1700 g/mol. The zero-order valence-corrected chi connectivity index (χ0v) is 73.5. The summed E-state index contributed by atoms with van der Waals surface area (Å²) < 4.78 is 24.8. The van der Waals surface area contributed by atoms with E-state index in [1.807, 2.05) is 130 Å². The molecular weight excluding hydrogens is 1580 g/mol. The molecule has 121 heavy (non-hydrogen) atoms. The number of likely N-dealkylation sites (tertiary alicyclic amines) is 2. The number of amides is 4. The Balaban J connectivity index is 0.000000140. The maximum Gasteiger partial charge on any atom is 0.334 e. The van der Waals surface area contributed by atoms with Crippen LogP contribution in [0.2, 0.25) is 5.02 Å². The van der Waals surface area contributed by atoms with Gasteiger partial charge in [-0.05, 0) is 185 Å². The predicted molar refractivity (Wildman–Crippen MR) is 475 cm³/mol. The van der Waals surface area contributed by atoms with Gasteiger partial charge in [0.15, 0.2) is 22.3 Å². The van der Waals surface area contributed by atoms with Crippen molar-refractivity contribution >= 4 is 81.6 Å². The summed E-state index contributed by atoms with van der Waals surface area (Å²) >= 11 is 9.56. The Labute approximate surface area is 724 Å². The largest absolute Gasteiger partial charge is 0.493 e. The Bertz CT molecular complexity index is 5040. The number of methoxy groups -OCH3 is 1. The first-order chi connectivity index (χ1) is 58.8. The number of carbonyl (C=O) groups is 5. The Morgan fingerprint density at radius 2 is 1.64 bits per heavy atom. The number of aliphatic hydroxyl groups excluding tert-OH is 2. The standard InChI is InChI=1S/C26H27ClN4O2S.C24H37N5O2.C23H32N4O3.C21H23NO3S/c1-17(2)14-31-23(29-30-26(31)34-16-20-11-7-8-12-22(20)27)13-28-25(32)24-18(3)33-15-21(24)19-9-5-4-6-10-19;1-2-13-29-21-11-10-19(25-12-8-17-27-16-7-9-22(27)30)18-20(21)23(26-29)24(31)28-14-5-3-4-6-15-28;1-17(16-30-2)27-20(25-19-5-4-12-24-22(19)27)6-3-7-21(29)26-13-10-23(11-14-26)9-8-18(28)15-23;1-26-18-5-2-13(3-6-18)21(24)22-20(16-11-17(23)12-16)15-4-7-19-14(10-15)8-9-25-19/h4-12,15,17H,13-14,16H2,1-3H3,(H,28,32);2,19,25H,1,3-18H2;4-5,12,17H,3,6-11,13-16H2,1-2H3;2-7,10,16-17,20,23H,8-9,11-12H2,1H3,(H,22,24)/p+1. The average molecular weight is 1710 g/mol. The number of hydrogen-bond donors (Lipinski definition) is 5. The van der Waals surface area contributed by atoms with Crippen molar-refractivity contribution in [2.24, 2.45) is 17.3 Å². The number of carbonyl (C=O) groups excluding carboxylic acids is 5. The van der Waals surface area contributed by atoms with Crippen LogP contribution >= 0.6 is 35.1 Å².